The van der Waals surface area contributed by atoms with Gasteiger partial charge in [0.15, 0.2) is 9.84 Å². The summed E-state index contributed by atoms with van der Waals surface area (Å²) in [5.41, 5.74) is 0.884. The molecule has 1 aliphatic heterocycles. The maximum atomic E-state index is 11.9. The molecule has 0 saturated carbocycles. The lowest BCUT2D eigenvalue weighted by atomic mass is 10.0. The minimum Gasteiger partial charge on any atom is -0.306 e. The molecule has 4 heteroatoms. The lowest BCUT2D eigenvalue weighted by molar-refractivity contribution is 0.151. The molecule has 0 N–H and O–H groups in total. The molecule has 1 aromatic carbocycles. The zero-order chi connectivity index (χ0) is 11.6. The maximum absolute atomic E-state index is 11.9. The highest BCUT2D eigenvalue weighted by molar-refractivity contribution is 7.90. The van der Waals surface area contributed by atoms with Crippen molar-refractivity contribution in [2.45, 2.75) is 5.75 Å². The highest BCUT2D eigenvalue weighted by atomic mass is 32.2. The van der Waals surface area contributed by atoms with Crippen LogP contribution in [0.25, 0.3) is 0 Å². The standard InChI is InChI=1S/C12H17NO2S/c1-13-7-12(8-13)10-16(14,15)9-11-5-3-2-4-6-11/h2-6,12H,7-10H2,1H3. The van der Waals surface area contributed by atoms with Gasteiger partial charge in [-0.05, 0) is 18.5 Å². The minimum atomic E-state index is -2.94. The van der Waals surface area contributed by atoms with Crippen LogP contribution in [0.2, 0.25) is 0 Å². The Bertz CT molecular complexity index is 435. The van der Waals surface area contributed by atoms with Gasteiger partial charge in [-0.15, -0.1) is 0 Å². The van der Waals surface area contributed by atoms with Crippen LogP contribution >= 0.6 is 0 Å². The Labute approximate surface area is 97.0 Å². The van der Waals surface area contributed by atoms with E-state index >= 15 is 0 Å². The van der Waals surface area contributed by atoms with E-state index in [9.17, 15) is 8.42 Å². The molecule has 16 heavy (non-hydrogen) atoms. The SMILES string of the molecule is CN1CC(CS(=O)(=O)Cc2ccccc2)C1. The summed E-state index contributed by atoms with van der Waals surface area (Å²) in [5, 5.41) is 0. The molecule has 1 saturated heterocycles. The average molecular weight is 239 g/mol. The van der Waals surface area contributed by atoms with Gasteiger partial charge < -0.3 is 4.90 Å². The van der Waals surface area contributed by atoms with Gasteiger partial charge >= 0.3 is 0 Å². The number of hydrogen-bond donors (Lipinski definition) is 0. The molecular formula is C12H17NO2S. The molecule has 3 nitrogen and oxygen atoms in total. The fourth-order valence-electron chi connectivity index (χ4n) is 2.18. The van der Waals surface area contributed by atoms with Gasteiger partial charge in [0.25, 0.3) is 0 Å². The van der Waals surface area contributed by atoms with Crippen LogP contribution < -0.4 is 0 Å². The number of nitrogens with zero attached hydrogens (tertiary/aromatic N) is 1. The van der Waals surface area contributed by atoms with Gasteiger partial charge in [0, 0.05) is 13.1 Å². The number of likely N-dealkylation sites (tertiary alicyclic amines) is 1. The van der Waals surface area contributed by atoms with E-state index in [0.29, 0.717) is 11.7 Å². The first-order chi connectivity index (χ1) is 7.55. The van der Waals surface area contributed by atoms with Crippen LogP contribution in [-0.4, -0.2) is 39.2 Å². The van der Waals surface area contributed by atoms with E-state index in [-0.39, 0.29) is 5.75 Å². The molecular weight excluding hydrogens is 222 g/mol. The fraction of sp³-hybridized carbons (Fsp3) is 0.500. The van der Waals surface area contributed by atoms with E-state index in [1.165, 1.54) is 0 Å². The molecule has 1 fully saturated rings. The molecule has 0 aromatic heterocycles. The smallest absolute Gasteiger partial charge is 0.154 e. The third-order valence-electron chi connectivity index (χ3n) is 2.86. The molecule has 0 amide bonds. The molecule has 2 rings (SSSR count). The zero-order valence-electron chi connectivity index (χ0n) is 9.46. The van der Waals surface area contributed by atoms with Gasteiger partial charge in [0.2, 0.25) is 0 Å². The Hall–Kier alpha value is -0.870. The summed E-state index contributed by atoms with van der Waals surface area (Å²) in [6.45, 7) is 1.82. The van der Waals surface area contributed by atoms with Gasteiger partial charge in [-0.2, -0.15) is 0 Å². The molecule has 0 aliphatic carbocycles. The van der Waals surface area contributed by atoms with E-state index in [4.69, 9.17) is 0 Å². The maximum Gasteiger partial charge on any atom is 0.154 e. The third-order valence-corrected chi connectivity index (χ3v) is 4.61. The second-order valence-corrected chi connectivity index (χ2v) is 6.74. The van der Waals surface area contributed by atoms with Gasteiger partial charge in [0.05, 0.1) is 11.5 Å². The quantitative estimate of drug-likeness (QED) is 0.791. The predicted molar refractivity (Wildman–Crippen MR) is 64.9 cm³/mol. The van der Waals surface area contributed by atoms with E-state index in [1.807, 2.05) is 37.4 Å². The Balaban J connectivity index is 1.93. The Kier molecular flexibility index (Phi) is 3.30. The monoisotopic (exact) mass is 239 g/mol. The zero-order valence-corrected chi connectivity index (χ0v) is 10.3. The highest BCUT2D eigenvalue weighted by Gasteiger charge is 2.28. The molecule has 1 aromatic rings. The van der Waals surface area contributed by atoms with Gasteiger partial charge in [-0.3, -0.25) is 0 Å². The van der Waals surface area contributed by atoms with Crippen LogP contribution in [0.3, 0.4) is 0 Å². The van der Waals surface area contributed by atoms with Gasteiger partial charge in [-0.25, -0.2) is 8.42 Å². The van der Waals surface area contributed by atoms with Crippen LogP contribution in [0.4, 0.5) is 0 Å². The van der Waals surface area contributed by atoms with Gasteiger partial charge in [0.1, 0.15) is 0 Å². The van der Waals surface area contributed by atoms with Crippen molar-refractivity contribution in [1.29, 1.82) is 0 Å². The average Bonchev–Trinajstić information content (AvgIpc) is 2.15. The molecule has 0 bridgehead atoms. The van der Waals surface area contributed by atoms with Crippen molar-refractivity contribution >= 4 is 9.84 Å². The normalized spacial score (nSPS) is 18.3. The summed E-state index contributed by atoms with van der Waals surface area (Å²) in [4.78, 5) is 2.14. The van der Waals surface area contributed by atoms with Crippen LogP contribution in [0.5, 0.6) is 0 Å². The molecule has 88 valence electrons. The lowest BCUT2D eigenvalue weighted by Crippen LogP contribution is -2.46. The van der Waals surface area contributed by atoms with Gasteiger partial charge in [-0.1, -0.05) is 30.3 Å². The third kappa shape index (κ3) is 3.06. The highest BCUT2D eigenvalue weighted by Crippen LogP contribution is 2.17. The Morgan fingerprint density at radius 3 is 2.44 bits per heavy atom. The van der Waals surface area contributed by atoms with E-state index in [2.05, 4.69) is 4.90 Å². The summed E-state index contributed by atoms with van der Waals surface area (Å²) in [5.74, 6) is 0.832. The van der Waals surface area contributed by atoms with Crippen molar-refractivity contribution < 1.29 is 8.42 Å². The largest absolute Gasteiger partial charge is 0.306 e. The van der Waals surface area contributed by atoms with Crippen LogP contribution in [0.15, 0.2) is 30.3 Å². The first kappa shape index (κ1) is 11.6. The topological polar surface area (TPSA) is 37.4 Å². The second-order valence-electron chi connectivity index (χ2n) is 4.63. The molecule has 0 radical (unpaired) electrons. The molecule has 0 spiro atoms. The van der Waals surface area contributed by atoms with E-state index in [1.54, 1.807) is 0 Å². The molecule has 1 aliphatic rings. The molecule has 0 atom stereocenters. The van der Waals surface area contributed by atoms with Crippen molar-refractivity contribution in [3.63, 3.8) is 0 Å². The minimum absolute atomic E-state index is 0.175. The molecule has 1 heterocycles. The first-order valence-electron chi connectivity index (χ1n) is 5.48. The summed E-state index contributed by atoms with van der Waals surface area (Å²) < 4.78 is 23.8. The lowest BCUT2D eigenvalue weighted by Gasteiger charge is -2.35. The predicted octanol–water partition coefficient (Wildman–Crippen LogP) is 1.16. The van der Waals surface area contributed by atoms with Crippen LogP contribution in [0.1, 0.15) is 5.56 Å². The van der Waals surface area contributed by atoms with Crippen LogP contribution in [0, 0.1) is 5.92 Å². The summed E-state index contributed by atoms with van der Waals surface area (Å²) in [6.07, 6.45) is 0. The van der Waals surface area contributed by atoms with E-state index < -0.39 is 9.84 Å². The molecule has 0 unspecified atom stereocenters. The van der Waals surface area contributed by atoms with Crippen LogP contribution in [-0.2, 0) is 15.6 Å². The summed E-state index contributed by atoms with van der Waals surface area (Å²) >= 11 is 0. The number of benzene rings is 1. The Morgan fingerprint density at radius 1 is 1.25 bits per heavy atom. The van der Waals surface area contributed by atoms with Crippen molar-refractivity contribution in [3.05, 3.63) is 35.9 Å². The number of rotatable bonds is 4. The van der Waals surface area contributed by atoms with Crippen molar-refractivity contribution in [2.24, 2.45) is 5.92 Å². The van der Waals surface area contributed by atoms with Crippen molar-refractivity contribution in [1.82, 2.24) is 4.90 Å². The second kappa shape index (κ2) is 4.55. The summed E-state index contributed by atoms with van der Waals surface area (Å²) in [6, 6.07) is 9.38. The first-order valence-corrected chi connectivity index (χ1v) is 7.30. The Morgan fingerprint density at radius 2 is 1.88 bits per heavy atom. The van der Waals surface area contributed by atoms with E-state index in [0.717, 1.165) is 18.7 Å². The fourth-order valence-corrected chi connectivity index (χ4v) is 3.93. The number of hydrogen-bond acceptors (Lipinski definition) is 3. The number of sulfone groups is 1. The van der Waals surface area contributed by atoms with Crippen molar-refractivity contribution in [2.75, 3.05) is 25.9 Å². The van der Waals surface area contributed by atoms with Crippen molar-refractivity contribution in [3.8, 4) is 0 Å². The summed E-state index contributed by atoms with van der Waals surface area (Å²) in [7, 11) is -0.931.